The molecule has 0 N–H and O–H groups in total. The molecule has 8 heteroatoms. The van der Waals surface area contributed by atoms with Crippen molar-refractivity contribution in [2.24, 2.45) is 0 Å². The highest BCUT2D eigenvalue weighted by atomic mass is 16.7. The van der Waals surface area contributed by atoms with Crippen molar-refractivity contribution in [3.63, 3.8) is 0 Å². The number of piperidine rings is 1. The van der Waals surface area contributed by atoms with E-state index in [1.54, 1.807) is 25.3 Å². The molecule has 0 aliphatic carbocycles. The summed E-state index contributed by atoms with van der Waals surface area (Å²) in [6, 6.07) is 12.5. The van der Waals surface area contributed by atoms with Crippen LogP contribution in [0.15, 0.2) is 47.0 Å². The first kappa shape index (κ1) is 18.5. The summed E-state index contributed by atoms with van der Waals surface area (Å²) < 4.78 is 21.6. The summed E-state index contributed by atoms with van der Waals surface area (Å²) in [5.41, 5.74) is 1.35. The smallest absolute Gasteiger partial charge is 0.254 e. The van der Waals surface area contributed by atoms with Gasteiger partial charge in [-0.15, -0.1) is 0 Å². The molecule has 2 aliphatic rings. The molecule has 1 saturated heterocycles. The van der Waals surface area contributed by atoms with Crippen molar-refractivity contribution < 1.29 is 23.5 Å². The zero-order chi connectivity index (χ0) is 20.5. The first-order chi connectivity index (χ1) is 14.7. The van der Waals surface area contributed by atoms with E-state index >= 15 is 0 Å². The second-order valence-electron chi connectivity index (χ2n) is 7.27. The Morgan fingerprint density at radius 1 is 1.13 bits per heavy atom. The molecule has 0 bridgehead atoms. The van der Waals surface area contributed by atoms with Gasteiger partial charge in [0.15, 0.2) is 11.5 Å². The Morgan fingerprint density at radius 2 is 2.03 bits per heavy atom. The number of amides is 1. The van der Waals surface area contributed by atoms with Gasteiger partial charge in [0.25, 0.3) is 5.91 Å². The highest BCUT2D eigenvalue weighted by Gasteiger charge is 2.33. The SMILES string of the molecule is COc1cccc(-c2noc(C3CCCCN3C(=O)c3ccc4c(c3)OCO4)n2)c1. The Bertz CT molecular complexity index is 1080. The van der Waals surface area contributed by atoms with Crippen molar-refractivity contribution >= 4 is 5.91 Å². The van der Waals surface area contributed by atoms with Crippen LogP contribution in [0.5, 0.6) is 17.2 Å². The number of methoxy groups -OCH3 is 1. The van der Waals surface area contributed by atoms with Crippen LogP contribution in [0.1, 0.15) is 41.6 Å². The molecule has 1 fully saturated rings. The van der Waals surface area contributed by atoms with Gasteiger partial charge in [0, 0.05) is 17.7 Å². The van der Waals surface area contributed by atoms with Crippen molar-refractivity contribution in [3.05, 3.63) is 53.9 Å². The van der Waals surface area contributed by atoms with Crippen LogP contribution >= 0.6 is 0 Å². The minimum atomic E-state index is -0.261. The van der Waals surface area contributed by atoms with Gasteiger partial charge in [-0.05, 0) is 49.6 Å². The van der Waals surface area contributed by atoms with E-state index in [-0.39, 0.29) is 18.7 Å². The third kappa shape index (κ3) is 3.34. The van der Waals surface area contributed by atoms with Gasteiger partial charge in [-0.2, -0.15) is 4.98 Å². The van der Waals surface area contributed by atoms with Crippen molar-refractivity contribution in [1.29, 1.82) is 0 Å². The summed E-state index contributed by atoms with van der Waals surface area (Å²) >= 11 is 0. The molecular formula is C22H21N3O5. The Labute approximate surface area is 173 Å². The predicted molar refractivity (Wildman–Crippen MR) is 106 cm³/mol. The van der Waals surface area contributed by atoms with Crippen LogP contribution in [-0.4, -0.2) is 41.4 Å². The summed E-state index contributed by atoms with van der Waals surface area (Å²) in [5.74, 6) is 2.80. The van der Waals surface area contributed by atoms with E-state index < -0.39 is 0 Å². The lowest BCUT2D eigenvalue weighted by Gasteiger charge is -2.33. The molecule has 0 saturated carbocycles. The number of carbonyl (C=O) groups excluding carboxylic acids is 1. The van der Waals surface area contributed by atoms with E-state index in [1.165, 1.54) is 0 Å². The van der Waals surface area contributed by atoms with E-state index in [0.29, 0.717) is 35.3 Å². The molecule has 154 valence electrons. The van der Waals surface area contributed by atoms with E-state index in [2.05, 4.69) is 10.1 Å². The fraction of sp³-hybridized carbons (Fsp3) is 0.318. The summed E-state index contributed by atoms with van der Waals surface area (Å²) in [6.45, 7) is 0.809. The molecule has 1 amide bonds. The third-order valence-electron chi connectivity index (χ3n) is 5.44. The first-order valence-corrected chi connectivity index (χ1v) is 9.91. The molecule has 0 spiro atoms. The Kier molecular flexibility index (Phi) is 4.74. The molecule has 0 radical (unpaired) electrons. The second-order valence-corrected chi connectivity index (χ2v) is 7.27. The van der Waals surface area contributed by atoms with Crippen molar-refractivity contribution in [1.82, 2.24) is 15.0 Å². The van der Waals surface area contributed by atoms with Gasteiger partial charge in [-0.3, -0.25) is 4.79 Å². The standard InChI is InChI=1S/C22H21N3O5/c1-27-16-6-4-5-14(11-16)20-23-21(30-24-20)17-7-2-3-10-25(17)22(26)15-8-9-18-19(12-15)29-13-28-18/h4-6,8-9,11-12,17H,2-3,7,10,13H2,1H3. The molecule has 1 unspecified atom stereocenters. The highest BCUT2D eigenvalue weighted by Crippen LogP contribution is 2.36. The molecule has 2 aromatic carbocycles. The lowest BCUT2D eigenvalue weighted by atomic mass is 10.0. The second kappa shape index (κ2) is 7.70. The molecular weight excluding hydrogens is 386 g/mol. The largest absolute Gasteiger partial charge is 0.497 e. The maximum atomic E-state index is 13.3. The zero-order valence-electron chi connectivity index (χ0n) is 16.5. The number of rotatable bonds is 4. The molecule has 1 atom stereocenters. The van der Waals surface area contributed by atoms with Crippen LogP contribution in [0.3, 0.4) is 0 Å². The normalized spacial score (nSPS) is 17.8. The fourth-order valence-corrected chi connectivity index (χ4v) is 3.88. The average Bonchev–Trinajstić information content (AvgIpc) is 3.48. The number of carbonyl (C=O) groups is 1. The number of nitrogens with zero attached hydrogens (tertiary/aromatic N) is 3. The number of likely N-dealkylation sites (tertiary alicyclic amines) is 1. The van der Waals surface area contributed by atoms with Gasteiger partial charge in [-0.1, -0.05) is 17.3 Å². The van der Waals surface area contributed by atoms with Crippen molar-refractivity contribution in [2.45, 2.75) is 25.3 Å². The van der Waals surface area contributed by atoms with Crippen LogP contribution in [0, 0.1) is 0 Å². The van der Waals surface area contributed by atoms with Gasteiger partial charge in [0.1, 0.15) is 11.8 Å². The van der Waals surface area contributed by atoms with Crippen LogP contribution in [0.25, 0.3) is 11.4 Å². The molecule has 1 aromatic heterocycles. The molecule has 3 aromatic rings. The maximum Gasteiger partial charge on any atom is 0.254 e. The zero-order valence-corrected chi connectivity index (χ0v) is 16.5. The monoisotopic (exact) mass is 407 g/mol. The lowest BCUT2D eigenvalue weighted by molar-refractivity contribution is 0.0561. The molecule has 8 nitrogen and oxygen atoms in total. The minimum absolute atomic E-state index is 0.0841. The predicted octanol–water partition coefficient (Wildman–Crippen LogP) is 3.84. The number of fused-ring (bicyclic) bond motifs is 1. The van der Waals surface area contributed by atoms with Gasteiger partial charge in [0.05, 0.1) is 7.11 Å². The third-order valence-corrected chi connectivity index (χ3v) is 5.44. The van der Waals surface area contributed by atoms with Crippen molar-refractivity contribution in [3.8, 4) is 28.6 Å². The molecule has 3 heterocycles. The molecule has 30 heavy (non-hydrogen) atoms. The van der Waals surface area contributed by atoms with Gasteiger partial charge in [-0.25, -0.2) is 0 Å². The van der Waals surface area contributed by atoms with E-state index in [4.69, 9.17) is 18.7 Å². The summed E-state index contributed by atoms with van der Waals surface area (Å²) in [6.07, 6.45) is 2.70. The van der Waals surface area contributed by atoms with Gasteiger partial charge < -0.3 is 23.6 Å². The fourth-order valence-electron chi connectivity index (χ4n) is 3.88. The van der Waals surface area contributed by atoms with Crippen LogP contribution < -0.4 is 14.2 Å². The molecule has 2 aliphatic heterocycles. The van der Waals surface area contributed by atoms with Gasteiger partial charge >= 0.3 is 0 Å². The number of aromatic nitrogens is 2. The van der Waals surface area contributed by atoms with Crippen LogP contribution in [0.2, 0.25) is 0 Å². The van der Waals surface area contributed by atoms with Crippen molar-refractivity contribution in [2.75, 3.05) is 20.4 Å². The minimum Gasteiger partial charge on any atom is -0.497 e. The average molecular weight is 407 g/mol. The Hall–Kier alpha value is -3.55. The Balaban J connectivity index is 1.41. The quantitative estimate of drug-likeness (QED) is 0.649. The summed E-state index contributed by atoms with van der Waals surface area (Å²) in [5, 5.41) is 4.13. The highest BCUT2D eigenvalue weighted by molar-refractivity contribution is 5.95. The topological polar surface area (TPSA) is 86.9 Å². The lowest BCUT2D eigenvalue weighted by Crippen LogP contribution is -2.38. The number of benzene rings is 2. The summed E-state index contributed by atoms with van der Waals surface area (Å²) in [7, 11) is 1.61. The first-order valence-electron chi connectivity index (χ1n) is 9.91. The van der Waals surface area contributed by atoms with Gasteiger partial charge in [0.2, 0.25) is 18.5 Å². The number of hydrogen-bond donors (Lipinski definition) is 0. The van der Waals surface area contributed by atoms with E-state index in [9.17, 15) is 4.79 Å². The summed E-state index contributed by atoms with van der Waals surface area (Å²) in [4.78, 5) is 19.7. The number of hydrogen-bond acceptors (Lipinski definition) is 7. The molecule has 5 rings (SSSR count). The van der Waals surface area contributed by atoms with Crippen LogP contribution in [0.4, 0.5) is 0 Å². The Morgan fingerprint density at radius 3 is 2.93 bits per heavy atom. The van der Waals surface area contributed by atoms with E-state index in [1.807, 2.05) is 29.2 Å². The van der Waals surface area contributed by atoms with Crippen LogP contribution in [-0.2, 0) is 0 Å². The van der Waals surface area contributed by atoms with E-state index in [0.717, 1.165) is 30.6 Å². The number of ether oxygens (including phenoxy) is 3. The maximum absolute atomic E-state index is 13.3.